The van der Waals surface area contributed by atoms with Gasteiger partial charge in [0.15, 0.2) is 0 Å². The lowest BCUT2D eigenvalue weighted by atomic mass is 10.3. The number of aromatic nitrogens is 1. The van der Waals surface area contributed by atoms with Crippen molar-refractivity contribution in [3.63, 3.8) is 0 Å². The average Bonchev–Trinajstić information content (AvgIpc) is 2.82. The Balaban J connectivity index is 2.06. The van der Waals surface area contributed by atoms with Crippen LogP contribution in [0, 0.1) is 0 Å². The van der Waals surface area contributed by atoms with Gasteiger partial charge in [-0.2, -0.15) is 0 Å². The number of benzene rings is 1. The summed E-state index contributed by atoms with van der Waals surface area (Å²) in [6, 6.07) is 18.3. The molecule has 3 rings (SSSR count). The monoisotopic (exact) mass is 256 g/mol. The molecule has 2 nitrogen and oxygen atoms in total. The predicted octanol–water partition coefficient (Wildman–Crippen LogP) is 4.36. The van der Waals surface area contributed by atoms with Crippen molar-refractivity contribution in [2.45, 2.75) is 0 Å². The minimum Gasteiger partial charge on any atom is -0.331 e. The smallest absolute Gasteiger partial charge is 0.117 e. The van der Waals surface area contributed by atoms with Crippen LogP contribution in [0.3, 0.4) is 0 Å². The van der Waals surface area contributed by atoms with E-state index < -0.39 is 0 Å². The minimum absolute atomic E-state index is 0.757. The molecule has 0 saturated heterocycles. The molecule has 2 aromatic heterocycles. The number of pyridine rings is 1. The van der Waals surface area contributed by atoms with Crippen LogP contribution >= 0.6 is 11.6 Å². The zero-order valence-corrected chi connectivity index (χ0v) is 10.8. The number of hydrogen-bond acceptors (Lipinski definition) is 1. The van der Waals surface area contributed by atoms with Crippen LogP contribution in [0.4, 0.5) is 11.5 Å². The third kappa shape index (κ3) is 1.85. The molecule has 0 saturated carbocycles. The second-order valence-electron chi connectivity index (χ2n) is 4.22. The molecule has 0 N–H and O–H groups in total. The van der Waals surface area contributed by atoms with Crippen molar-refractivity contribution in [1.29, 1.82) is 0 Å². The van der Waals surface area contributed by atoms with Crippen molar-refractivity contribution >= 4 is 28.6 Å². The summed E-state index contributed by atoms with van der Waals surface area (Å²) in [4.78, 5) is 2.14. The summed E-state index contributed by atoms with van der Waals surface area (Å²) >= 11 is 5.91. The van der Waals surface area contributed by atoms with Gasteiger partial charge >= 0.3 is 0 Å². The maximum Gasteiger partial charge on any atom is 0.117 e. The molecule has 0 fully saturated rings. The highest BCUT2D eigenvalue weighted by Gasteiger charge is 2.07. The normalized spacial score (nSPS) is 10.8. The number of rotatable bonds is 2. The number of hydrogen-bond donors (Lipinski definition) is 0. The fourth-order valence-corrected chi connectivity index (χ4v) is 2.24. The fourth-order valence-electron chi connectivity index (χ4n) is 2.11. The van der Waals surface area contributed by atoms with E-state index in [1.807, 2.05) is 36.4 Å². The summed E-state index contributed by atoms with van der Waals surface area (Å²) < 4.78 is 2.16. The molecule has 18 heavy (non-hydrogen) atoms. The molecule has 3 aromatic rings. The van der Waals surface area contributed by atoms with Crippen molar-refractivity contribution in [3.8, 4) is 0 Å². The second-order valence-corrected chi connectivity index (χ2v) is 4.66. The molecule has 90 valence electrons. The molecule has 1 aromatic carbocycles. The first-order chi connectivity index (χ1) is 8.75. The number of anilines is 2. The van der Waals surface area contributed by atoms with Gasteiger partial charge in [0.05, 0.1) is 0 Å². The second kappa shape index (κ2) is 4.39. The largest absolute Gasteiger partial charge is 0.331 e. The van der Waals surface area contributed by atoms with Gasteiger partial charge in [-0.1, -0.05) is 17.7 Å². The van der Waals surface area contributed by atoms with Crippen LogP contribution in [0.15, 0.2) is 60.8 Å². The first-order valence-corrected chi connectivity index (χ1v) is 6.19. The summed E-state index contributed by atoms with van der Waals surface area (Å²) in [6.45, 7) is 0. The van der Waals surface area contributed by atoms with Gasteiger partial charge in [0.1, 0.15) is 5.82 Å². The van der Waals surface area contributed by atoms with Crippen LogP contribution in [0.25, 0.3) is 5.52 Å². The molecule has 0 aliphatic rings. The zero-order valence-electron chi connectivity index (χ0n) is 10.0. The van der Waals surface area contributed by atoms with Gasteiger partial charge in [-0.3, -0.25) is 0 Å². The molecule has 0 amide bonds. The van der Waals surface area contributed by atoms with Gasteiger partial charge in [-0.15, -0.1) is 0 Å². The Morgan fingerprint density at radius 1 is 0.944 bits per heavy atom. The highest BCUT2D eigenvalue weighted by molar-refractivity contribution is 6.30. The number of fused-ring (bicyclic) bond motifs is 1. The third-order valence-electron chi connectivity index (χ3n) is 3.10. The lowest BCUT2D eigenvalue weighted by molar-refractivity contribution is 1.08. The van der Waals surface area contributed by atoms with E-state index in [1.165, 1.54) is 5.52 Å². The van der Waals surface area contributed by atoms with E-state index in [0.717, 1.165) is 16.5 Å². The van der Waals surface area contributed by atoms with Gasteiger partial charge in [-0.05, 0) is 48.5 Å². The minimum atomic E-state index is 0.757. The summed E-state index contributed by atoms with van der Waals surface area (Å²) in [5.74, 6) is 1.13. The van der Waals surface area contributed by atoms with Crippen LogP contribution in [-0.2, 0) is 0 Å². The first kappa shape index (κ1) is 11.2. The molecule has 0 unspecified atom stereocenters. The first-order valence-electron chi connectivity index (χ1n) is 5.81. The third-order valence-corrected chi connectivity index (χ3v) is 3.35. The molecule has 0 atom stereocenters. The Morgan fingerprint density at radius 2 is 1.72 bits per heavy atom. The van der Waals surface area contributed by atoms with Crippen molar-refractivity contribution < 1.29 is 0 Å². The van der Waals surface area contributed by atoms with Crippen LogP contribution in [-0.4, -0.2) is 11.4 Å². The number of nitrogens with zero attached hydrogens (tertiary/aromatic N) is 2. The summed E-state index contributed by atoms with van der Waals surface area (Å²) in [5.41, 5.74) is 2.30. The molecule has 2 heterocycles. The van der Waals surface area contributed by atoms with E-state index in [-0.39, 0.29) is 0 Å². The molecule has 0 bridgehead atoms. The lowest BCUT2D eigenvalue weighted by Gasteiger charge is -2.19. The van der Waals surface area contributed by atoms with Crippen molar-refractivity contribution in [3.05, 3.63) is 65.8 Å². The topological polar surface area (TPSA) is 7.65 Å². The Hall–Kier alpha value is -1.93. The molecule has 3 heteroatoms. The lowest BCUT2D eigenvalue weighted by Crippen LogP contribution is -2.11. The maximum atomic E-state index is 5.91. The highest BCUT2D eigenvalue weighted by atomic mass is 35.5. The summed E-state index contributed by atoms with van der Waals surface area (Å²) in [6.07, 6.45) is 2.07. The SMILES string of the molecule is CN(c1ccc(Cl)cc1)c1ccc2ccccn12. The van der Waals surface area contributed by atoms with Gasteiger partial charge in [0, 0.05) is 29.5 Å². The molecule has 0 aliphatic carbocycles. The Kier molecular flexibility index (Phi) is 2.73. The Labute approximate surface area is 111 Å². The number of halogens is 1. The van der Waals surface area contributed by atoms with E-state index in [2.05, 4.69) is 40.7 Å². The standard InChI is InChI=1S/C15H13ClN2/c1-17(13-7-5-12(16)6-8-13)15-10-9-14-4-2-3-11-18(14)15/h2-11H,1H3. The van der Waals surface area contributed by atoms with Crippen LogP contribution in [0.1, 0.15) is 0 Å². The van der Waals surface area contributed by atoms with E-state index in [4.69, 9.17) is 11.6 Å². The Bertz CT molecular complexity index is 670. The fraction of sp³-hybridized carbons (Fsp3) is 0.0667. The van der Waals surface area contributed by atoms with Crippen LogP contribution in [0.5, 0.6) is 0 Å². The van der Waals surface area contributed by atoms with Crippen molar-refractivity contribution in [2.24, 2.45) is 0 Å². The van der Waals surface area contributed by atoms with Gasteiger partial charge in [-0.25, -0.2) is 0 Å². The van der Waals surface area contributed by atoms with E-state index in [0.29, 0.717) is 0 Å². The Morgan fingerprint density at radius 3 is 2.50 bits per heavy atom. The molecular weight excluding hydrogens is 244 g/mol. The maximum absolute atomic E-state index is 5.91. The zero-order chi connectivity index (χ0) is 12.5. The predicted molar refractivity (Wildman–Crippen MR) is 76.9 cm³/mol. The quantitative estimate of drug-likeness (QED) is 0.661. The molecular formula is C15H13ClN2. The van der Waals surface area contributed by atoms with Gasteiger partial charge < -0.3 is 9.30 Å². The highest BCUT2D eigenvalue weighted by Crippen LogP contribution is 2.26. The molecule has 0 aliphatic heterocycles. The van der Waals surface area contributed by atoms with Gasteiger partial charge in [0.25, 0.3) is 0 Å². The van der Waals surface area contributed by atoms with E-state index in [9.17, 15) is 0 Å². The van der Waals surface area contributed by atoms with E-state index in [1.54, 1.807) is 0 Å². The summed E-state index contributed by atoms with van der Waals surface area (Å²) in [7, 11) is 2.05. The van der Waals surface area contributed by atoms with Crippen molar-refractivity contribution in [2.75, 3.05) is 11.9 Å². The molecule has 0 spiro atoms. The average molecular weight is 257 g/mol. The molecule has 0 radical (unpaired) electrons. The van der Waals surface area contributed by atoms with E-state index >= 15 is 0 Å². The van der Waals surface area contributed by atoms with Crippen LogP contribution < -0.4 is 4.90 Å². The van der Waals surface area contributed by atoms with Crippen molar-refractivity contribution in [1.82, 2.24) is 4.40 Å². The summed E-state index contributed by atoms with van der Waals surface area (Å²) in [5, 5.41) is 0.757. The van der Waals surface area contributed by atoms with Crippen LogP contribution in [0.2, 0.25) is 5.02 Å². The van der Waals surface area contributed by atoms with Gasteiger partial charge in [0.2, 0.25) is 0 Å².